The van der Waals surface area contributed by atoms with Crippen molar-refractivity contribution in [2.45, 2.75) is 33.1 Å². The SMILES string of the molecule is CC(C)(C#N)C(=O)NCC(C)(C)c1ccc[nH]1. The van der Waals surface area contributed by atoms with Crippen LogP contribution in [0.2, 0.25) is 0 Å². The lowest BCUT2D eigenvalue weighted by atomic mass is 9.88. The van der Waals surface area contributed by atoms with Gasteiger partial charge in [-0.2, -0.15) is 5.26 Å². The second-order valence-corrected chi connectivity index (χ2v) is 5.39. The fourth-order valence-electron chi connectivity index (χ4n) is 1.42. The molecule has 0 unspecified atom stereocenters. The van der Waals surface area contributed by atoms with Gasteiger partial charge in [0.25, 0.3) is 0 Å². The highest BCUT2D eigenvalue weighted by atomic mass is 16.2. The third kappa shape index (κ3) is 3.10. The number of H-pyrrole nitrogens is 1. The van der Waals surface area contributed by atoms with Crippen molar-refractivity contribution in [1.29, 1.82) is 5.26 Å². The molecule has 1 heterocycles. The molecular weight excluding hydrogens is 214 g/mol. The summed E-state index contributed by atoms with van der Waals surface area (Å²) in [4.78, 5) is 14.9. The van der Waals surface area contributed by atoms with E-state index in [9.17, 15) is 4.79 Å². The quantitative estimate of drug-likeness (QED) is 0.834. The summed E-state index contributed by atoms with van der Waals surface area (Å²) in [7, 11) is 0. The summed E-state index contributed by atoms with van der Waals surface area (Å²) in [6.45, 7) is 7.81. The highest BCUT2D eigenvalue weighted by Crippen LogP contribution is 2.21. The summed E-state index contributed by atoms with van der Waals surface area (Å²) in [6.07, 6.45) is 1.86. The molecule has 4 nitrogen and oxygen atoms in total. The molecule has 0 atom stereocenters. The second kappa shape index (κ2) is 4.62. The minimum Gasteiger partial charge on any atom is -0.364 e. The number of carbonyl (C=O) groups is 1. The molecule has 0 aliphatic heterocycles. The Labute approximate surface area is 102 Å². The number of nitrogens with zero attached hydrogens (tertiary/aromatic N) is 1. The van der Waals surface area contributed by atoms with Gasteiger partial charge in [0.15, 0.2) is 0 Å². The van der Waals surface area contributed by atoms with E-state index in [2.05, 4.69) is 10.3 Å². The predicted molar refractivity (Wildman–Crippen MR) is 66.2 cm³/mol. The maximum absolute atomic E-state index is 11.8. The number of aromatic amines is 1. The molecule has 0 radical (unpaired) electrons. The predicted octanol–water partition coefficient (Wildman–Crippen LogP) is 1.96. The van der Waals surface area contributed by atoms with Crippen LogP contribution in [-0.2, 0) is 10.2 Å². The van der Waals surface area contributed by atoms with Crippen molar-refractivity contribution < 1.29 is 4.79 Å². The van der Waals surface area contributed by atoms with Gasteiger partial charge in [-0.3, -0.25) is 4.79 Å². The summed E-state index contributed by atoms with van der Waals surface area (Å²) >= 11 is 0. The molecule has 0 aromatic carbocycles. The van der Waals surface area contributed by atoms with E-state index in [1.165, 1.54) is 0 Å². The Balaban J connectivity index is 2.64. The maximum Gasteiger partial charge on any atom is 0.239 e. The molecule has 0 aliphatic carbocycles. The fourth-order valence-corrected chi connectivity index (χ4v) is 1.42. The molecular formula is C13H19N3O. The van der Waals surface area contributed by atoms with Crippen LogP contribution in [-0.4, -0.2) is 17.4 Å². The Morgan fingerprint density at radius 3 is 2.59 bits per heavy atom. The molecule has 2 N–H and O–H groups in total. The summed E-state index contributed by atoms with van der Waals surface area (Å²) in [6, 6.07) is 5.91. The molecule has 1 amide bonds. The number of nitriles is 1. The fraction of sp³-hybridized carbons (Fsp3) is 0.538. The summed E-state index contributed by atoms with van der Waals surface area (Å²) in [5, 5.41) is 11.7. The van der Waals surface area contributed by atoms with Gasteiger partial charge in [-0.15, -0.1) is 0 Å². The van der Waals surface area contributed by atoms with Crippen LogP contribution >= 0.6 is 0 Å². The largest absolute Gasteiger partial charge is 0.364 e. The monoisotopic (exact) mass is 233 g/mol. The normalized spacial score (nSPS) is 11.9. The number of aromatic nitrogens is 1. The zero-order valence-electron chi connectivity index (χ0n) is 10.8. The summed E-state index contributed by atoms with van der Waals surface area (Å²) in [5.74, 6) is -0.236. The van der Waals surface area contributed by atoms with Crippen LogP contribution in [0.25, 0.3) is 0 Å². The molecule has 1 aromatic rings. The van der Waals surface area contributed by atoms with Gasteiger partial charge < -0.3 is 10.3 Å². The number of nitrogens with one attached hydrogen (secondary N) is 2. The number of amides is 1. The number of rotatable bonds is 4. The van der Waals surface area contributed by atoms with Crippen LogP contribution in [0.1, 0.15) is 33.4 Å². The van der Waals surface area contributed by atoms with Crippen molar-refractivity contribution in [1.82, 2.24) is 10.3 Å². The van der Waals surface area contributed by atoms with E-state index >= 15 is 0 Å². The highest BCUT2D eigenvalue weighted by molar-refractivity contribution is 5.84. The summed E-state index contributed by atoms with van der Waals surface area (Å²) in [5.41, 5.74) is -0.0937. The topological polar surface area (TPSA) is 68.7 Å². The average Bonchev–Trinajstić information content (AvgIpc) is 2.80. The minimum atomic E-state index is -0.980. The van der Waals surface area contributed by atoms with Gasteiger partial charge in [0, 0.05) is 23.9 Å². The number of hydrogen-bond acceptors (Lipinski definition) is 2. The van der Waals surface area contributed by atoms with Crippen LogP contribution in [0, 0.1) is 16.7 Å². The third-order valence-corrected chi connectivity index (χ3v) is 2.87. The minimum absolute atomic E-state index is 0.176. The smallest absolute Gasteiger partial charge is 0.239 e. The lowest BCUT2D eigenvalue weighted by Crippen LogP contribution is -2.42. The Hall–Kier alpha value is -1.76. The van der Waals surface area contributed by atoms with Crippen molar-refractivity contribution in [3.63, 3.8) is 0 Å². The van der Waals surface area contributed by atoms with E-state index < -0.39 is 5.41 Å². The van der Waals surface area contributed by atoms with Gasteiger partial charge >= 0.3 is 0 Å². The first-order valence-corrected chi connectivity index (χ1v) is 5.63. The molecule has 0 saturated heterocycles. The molecule has 0 spiro atoms. The molecule has 0 aliphatic rings. The summed E-state index contributed by atoms with van der Waals surface area (Å²) < 4.78 is 0. The van der Waals surface area contributed by atoms with E-state index in [1.807, 2.05) is 38.2 Å². The van der Waals surface area contributed by atoms with E-state index in [0.717, 1.165) is 5.69 Å². The van der Waals surface area contributed by atoms with Crippen molar-refractivity contribution >= 4 is 5.91 Å². The first kappa shape index (κ1) is 13.3. The highest BCUT2D eigenvalue weighted by Gasteiger charge is 2.29. The van der Waals surface area contributed by atoms with E-state index in [1.54, 1.807) is 13.8 Å². The van der Waals surface area contributed by atoms with Gasteiger partial charge in [-0.1, -0.05) is 13.8 Å². The molecule has 17 heavy (non-hydrogen) atoms. The third-order valence-electron chi connectivity index (χ3n) is 2.87. The zero-order chi connectivity index (χ0) is 13.1. The van der Waals surface area contributed by atoms with Gasteiger partial charge in [0.05, 0.1) is 6.07 Å². The Kier molecular flexibility index (Phi) is 3.62. The van der Waals surface area contributed by atoms with Gasteiger partial charge in [0.1, 0.15) is 5.41 Å². The molecule has 92 valence electrons. The van der Waals surface area contributed by atoms with Gasteiger partial charge in [0.2, 0.25) is 5.91 Å². The Bertz CT molecular complexity index is 424. The zero-order valence-corrected chi connectivity index (χ0v) is 10.8. The van der Waals surface area contributed by atoms with E-state index in [4.69, 9.17) is 5.26 Å². The van der Waals surface area contributed by atoms with Gasteiger partial charge in [-0.05, 0) is 26.0 Å². The van der Waals surface area contributed by atoms with Crippen LogP contribution in [0.3, 0.4) is 0 Å². The molecule has 4 heteroatoms. The average molecular weight is 233 g/mol. The van der Waals surface area contributed by atoms with Crippen molar-refractivity contribution in [3.05, 3.63) is 24.0 Å². The van der Waals surface area contributed by atoms with Crippen LogP contribution in [0.5, 0.6) is 0 Å². The second-order valence-electron chi connectivity index (χ2n) is 5.39. The Morgan fingerprint density at radius 1 is 1.47 bits per heavy atom. The Morgan fingerprint density at radius 2 is 2.12 bits per heavy atom. The lowest BCUT2D eigenvalue weighted by Gasteiger charge is -2.25. The molecule has 1 rings (SSSR count). The molecule has 1 aromatic heterocycles. The first-order valence-electron chi connectivity index (χ1n) is 5.63. The van der Waals surface area contributed by atoms with Crippen LogP contribution < -0.4 is 5.32 Å². The van der Waals surface area contributed by atoms with Gasteiger partial charge in [-0.25, -0.2) is 0 Å². The maximum atomic E-state index is 11.8. The van der Waals surface area contributed by atoms with Crippen molar-refractivity contribution in [2.24, 2.45) is 5.41 Å². The molecule has 0 saturated carbocycles. The van der Waals surface area contributed by atoms with E-state index in [-0.39, 0.29) is 11.3 Å². The van der Waals surface area contributed by atoms with Crippen molar-refractivity contribution in [2.75, 3.05) is 6.54 Å². The van der Waals surface area contributed by atoms with Crippen molar-refractivity contribution in [3.8, 4) is 6.07 Å². The molecule has 0 bridgehead atoms. The standard InChI is InChI=1S/C13H19N3O/c1-12(2,8-14)11(17)16-9-13(3,4)10-6-5-7-15-10/h5-7,15H,9H2,1-4H3,(H,16,17). The number of carbonyl (C=O) groups excluding carboxylic acids is 1. The van der Waals surface area contributed by atoms with E-state index in [0.29, 0.717) is 6.54 Å². The lowest BCUT2D eigenvalue weighted by molar-refractivity contribution is -0.127. The van der Waals surface area contributed by atoms with Crippen LogP contribution in [0.4, 0.5) is 0 Å². The first-order chi connectivity index (χ1) is 7.79. The number of hydrogen-bond donors (Lipinski definition) is 2. The molecule has 0 fully saturated rings. The van der Waals surface area contributed by atoms with Crippen LogP contribution in [0.15, 0.2) is 18.3 Å².